The zero-order valence-corrected chi connectivity index (χ0v) is 22.4. The molecule has 0 radical (unpaired) electrons. The van der Waals surface area contributed by atoms with Crippen molar-refractivity contribution in [1.82, 2.24) is 5.32 Å². The van der Waals surface area contributed by atoms with Gasteiger partial charge >= 0.3 is 118 Å². The summed E-state index contributed by atoms with van der Waals surface area (Å²) in [5.41, 5.74) is 0. The standard InChI is InChI=1S/C6H15NO7P2.4Na/c1-4(2)6(16(12,13)14)7-5(8)3-15(9,10)11;;;;/h4,6H,3H2,1-2H3,(H,7,8)(H2,9,10,11)(H2,12,13,14);;;;/q;4*+1/p-4. The van der Waals surface area contributed by atoms with E-state index in [4.69, 9.17) is 0 Å². The molecule has 0 bridgehead atoms. The van der Waals surface area contributed by atoms with Crippen LogP contribution in [-0.2, 0) is 13.9 Å². The molecule has 0 aliphatic rings. The molecule has 0 fully saturated rings. The van der Waals surface area contributed by atoms with Crippen LogP contribution in [0.3, 0.4) is 0 Å². The zero-order valence-electron chi connectivity index (χ0n) is 12.6. The maximum Gasteiger partial charge on any atom is 1.00 e. The summed E-state index contributed by atoms with van der Waals surface area (Å²) >= 11 is 0. The van der Waals surface area contributed by atoms with Gasteiger partial charge in [0.15, 0.2) is 0 Å². The van der Waals surface area contributed by atoms with Gasteiger partial charge in [0.2, 0.25) is 5.91 Å². The summed E-state index contributed by atoms with van der Waals surface area (Å²) in [6.07, 6.45) is -1.36. The first kappa shape index (κ1) is 35.0. The maximum atomic E-state index is 10.9. The second kappa shape index (κ2) is 15.1. The Morgan fingerprint density at radius 2 is 1.35 bits per heavy atom. The van der Waals surface area contributed by atoms with Crippen LogP contribution in [0.25, 0.3) is 0 Å². The van der Waals surface area contributed by atoms with E-state index in [0.29, 0.717) is 0 Å². The van der Waals surface area contributed by atoms with Crippen LogP contribution in [-0.4, -0.2) is 17.9 Å². The molecule has 0 rings (SSSR count). The van der Waals surface area contributed by atoms with Crippen LogP contribution in [0, 0.1) is 5.92 Å². The molecular weight excluding hydrogens is 352 g/mol. The predicted octanol–water partition coefficient (Wildman–Crippen LogP) is -15.1. The van der Waals surface area contributed by atoms with E-state index in [1.807, 2.05) is 0 Å². The Hall–Kier alpha value is 3.77. The Balaban J connectivity index is -0.000000187. The molecule has 8 nitrogen and oxygen atoms in total. The van der Waals surface area contributed by atoms with Crippen molar-refractivity contribution in [1.29, 1.82) is 0 Å². The van der Waals surface area contributed by atoms with Crippen LogP contribution in [0.1, 0.15) is 13.8 Å². The quantitative estimate of drug-likeness (QED) is 0.375. The molecule has 20 heavy (non-hydrogen) atoms. The van der Waals surface area contributed by atoms with Gasteiger partial charge in [-0.25, -0.2) is 0 Å². The second-order valence-corrected chi connectivity index (χ2v) is 6.74. The van der Waals surface area contributed by atoms with Gasteiger partial charge in [0.1, 0.15) is 0 Å². The average molecular weight is 363 g/mol. The first-order valence-corrected chi connectivity index (χ1v) is 7.59. The number of carbonyl (C=O) groups is 1. The van der Waals surface area contributed by atoms with E-state index in [2.05, 4.69) is 0 Å². The van der Waals surface area contributed by atoms with Gasteiger partial charge in [-0.2, -0.15) is 0 Å². The van der Waals surface area contributed by atoms with Crippen molar-refractivity contribution >= 4 is 21.1 Å². The molecule has 0 saturated carbocycles. The van der Waals surface area contributed by atoms with E-state index in [0.717, 1.165) is 0 Å². The summed E-state index contributed by atoms with van der Waals surface area (Å²) in [7, 11) is -10.1. The first-order valence-electron chi connectivity index (χ1n) is 4.25. The summed E-state index contributed by atoms with van der Waals surface area (Å²) < 4.78 is 20.9. The number of nitrogens with one attached hydrogen (secondary N) is 1. The van der Waals surface area contributed by atoms with Crippen LogP contribution in [0.4, 0.5) is 0 Å². The van der Waals surface area contributed by atoms with Gasteiger partial charge < -0.3 is 34.0 Å². The minimum Gasteiger partial charge on any atom is -0.810 e. The normalized spacial score (nSPS) is 11.9. The topological polar surface area (TPSA) is 155 Å². The van der Waals surface area contributed by atoms with Crippen LogP contribution in [0.15, 0.2) is 0 Å². The fourth-order valence-corrected chi connectivity index (χ4v) is 2.47. The number of carbonyl (C=O) groups excluding carboxylic acids is 1. The van der Waals surface area contributed by atoms with E-state index in [9.17, 15) is 33.5 Å². The summed E-state index contributed by atoms with van der Waals surface area (Å²) in [4.78, 5) is 52.8. The third kappa shape index (κ3) is 18.1. The Morgan fingerprint density at radius 1 is 1.00 bits per heavy atom. The molecular formula is C6H11NNa4O7P2. The van der Waals surface area contributed by atoms with Crippen molar-refractivity contribution in [3.8, 4) is 0 Å². The van der Waals surface area contributed by atoms with Crippen molar-refractivity contribution < 1.29 is 152 Å². The molecule has 1 amide bonds. The van der Waals surface area contributed by atoms with Crippen molar-refractivity contribution in [2.24, 2.45) is 5.92 Å². The Morgan fingerprint density at radius 3 is 1.55 bits per heavy atom. The van der Waals surface area contributed by atoms with Crippen molar-refractivity contribution in [3.63, 3.8) is 0 Å². The number of hydrogen-bond donors (Lipinski definition) is 1. The molecule has 1 N–H and O–H groups in total. The monoisotopic (exact) mass is 363 g/mol. The summed E-state index contributed by atoms with van der Waals surface area (Å²) in [6.45, 7) is 2.72. The molecule has 0 aliphatic carbocycles. The molecule has 14 heteroatoms. The third-order valence-electron chi connectivity index (χ3n) is 1.62. The van der Waals surface area contributed by atoms with Gasteiger partial charge in [0, 0.05) is 0 Å². The fourth-order valence-electron chi connectivity index (χ4n) is 0.997. The van der Waals surface area contributed by atoms with Crippen LogP contribution < -0.4 is 143 Å². The molecule has 1 unspecified atom stereocenters. The van der Waals surface area contributed by atoms with E-state index in [-0.39, 0.29) is 118 Å². The smallest absolute Gasteiger partial charge is 0.810 e. The Bertz CT molecular complexity index is 357. The average Bonchev–Trinajstić information content (AvgIpc) is 1.93. The number of rotatable bonds is 5. The fraction of sp³-hybridized carbons (Fsp3) is 0.833. The summed E-state index contributed by atoms with van der Waals surface area (Å²) in [5, 5.41) is 1.71. The van der Waals surface area contributed by atoms with Crippen molar-refractivity contribution in [2.75, 3.05) is 6.16 Å². The number of hydrogen-bond acceptors (Lipinski definition) is 7. The molecule has 0 saturated heterocycles. The van der Waals surface area contributed by atoms with E-state index in [1.54, 1.807) is 5.32 Å². The molecule has 96 valence electrons. The SMILES string of the molecule is CC(C)C(NC(=O)CP(=O)([O-])[O-])P(=O)([O-])[O-].[Na+].[Na+].[Na+].[Na+]. The molecule has 0 aliphatic heterocycles. The van der Waals surface area contributed by atoms with Crippen LogP contribution in [0.2, 0.25) is 0 Å². The largest absolute Gasteiger partial charge is 1.00 e. The van der Waals surface area contributed by atoms with E-state index in [1.165, 1.54) is 13.8 Å². The van der Waals surface area contributed by atoms with E-state index < -0.39 is 39.0 Å². The van der Waals surface area contributed by atoms with E-state index >= 15 is 0 Å². The number of amides is 1. The molecule has 0 aromatic heterocycles. The van der Waals surface area contributed by atoms with Gasteiger partial charge in [-0.15, -0.1) is 0 Å². The van der Waals surface area contributed by atoms with Crippen LogP contribution in [0.5, 0.6) is 0 Å². The molecule has 0 heterocycles. The minimum atomic E-state index is -5.08. The molecule has 1 atom stereocenters. The Kier molecular flexibility index (Phi) is 26.3. The van der Waals surface area contributed by atoms with Crippen LogP contribution >= 0.6 is 15.2 Å². The van der Waals surface area contributed by atoms with Gasteiger partial charge in [-0.05, 0) is 13.5 Å². The van der Waals surface area contributed by atoms with Crippen molar-refractivity contribution in [2.45, 2.75) is 19.6 Å². The van der Waals surface area contributed by atoms with Crippen molar-refractivity contribution in [3.05, 3.63) is 0 Å². The molecule has 0 aromatic carbocycles. The molecule has 0 aromatic rings. The minimum absolute atomic E-state index is 0. The summed E-state index contributed by atoms with van der Waals surface area (Å²) in [5.74, 6) is -3.73. The maximum absolute atomic E-state index is 10.9. The molecule has 0 spiro atoms. The predicted molar refractivity (Wildman–Crippen MR) is 46.8 cm³/mol. The van der Waals surface area contributed by atoms with Gasteiger partial charge in [0.05, 0.1) is 11.9 Å². The third-order valence-corrected chi connectivity index (χ3v) is 3.70. The van der Waals surface area contributed by atoms with Gasteiger partial charge in [-0.1, -0.05) is 21.4 Å². The first-order chi connectivity index (χ1) is 6.93. The Labute approximate surface area is 206 Å². The van der Waals surface area contributed by atoms with Gasteiger partial charge in [-0.3, -0.25) is 4.79 Å². The zero-order chi connectivity index (χ0) is 13.1. The second-order valence-electron chi connectivity index (χ2n) is 3.57. The van der Waals surface area contributed by atoms with Gasteiger partial charge in [0.25, 0.3) is 0 Å². The summed E-state index contributed by atoms with van der Waals surface area (Å²) in [6, 6.07) is 0.